The van der Waals surface area contributed by atoms with E-state index in [0.717, 1.165) is 47.7 Å². The number of methoxy groups -OCH3 is 1. The number of hydrogen-bond donors (Lipinski definition) is 0. The quantitative estimate of drug-likeness (QED) is 0.579. The molecule has 3 aromatic rings. The fourth-order valence-corrected chi connectivity index (χ4v) is 4.15. The van der Waals surface area contributed by atoms with Crippen molar-refractivity contribution in [3.05, 3.63) is 95.1 Å². The summed E-state index contributed by atoms with van der Waals surface area (Å²) in [5, 5.41) is 0. The normalized spacial score (nSPS) is 16.2. The number of piperidine rings is 1. The highest BCUT2D eigenvalue weighted by Gasteiger charge is 2.25. The molecule has 5 heteroatoms. The molecule has 0 radical (unpaired) electrons. The standard InChI is InChI=1S/C26H27FN2O2/c1-31-24-12-10-19(11-13-24)17-26(30)29-14-4-6-21(18-29)25-9-3-8-23(28-25)16-20-5-2-7-22(27)15-20/h2-3,5,7-13,15,21H,4,6,14,16-18H2,1H3/t21-/m0/s1. The van der Waals surface area contributed by atoms with Crippen molar-refractivity contribution in [1.29, 1.82) is 0 Å². The molecule has 1 amide bonds. The van der Waals surface area contributed by atoms with Crippen molar-refractivity contribution in [3.63, 3.8) is 0 Å². The molecule has 0 spiro atoms. The highest BCUT2D eigenvalue weighted by atomic mass is 19.1. The Morgan fingerprint density at radius 3 is 2.68 bits per heavy atom. The van der Waals surface area contributed by atoms with E-state index >= 15 is 0 Å². The number of benzene rings is 2. The fraction of sp³-hybridized carbons (Fsp3) is 0.308. The van der Waals surface area contributed by atoms with Crippen LogP contribution in [0.3, 0.4) is 0 Å². The lowest BCUT2D eigenvalue weighted by Crippen LogP contribution is -2.40. The molecule has 1 atom stereocenters. The Kier molecular flexibility index (Phi) is 6.60. The Balaban J connectivity index is 1.41. The van der Waals surface area contributed by atoms with Crippen molar-refractivity contribution >= 4 is 5.91 Å². The van der Waals surface area contributed by atoms with Gasteiger partial charge in [0.15, 0.2) is 0 Å². The summed E-state index contributed by atoms with van der Waals surface area (Å²) >= 11 is 0. The largest absolute Gasteiger partial charge is 0.497 e. The Morgan fingerprint density at radius 1 is 1.10 bits per heavy atom. The molecule has 0 unspecified atom stereocenters. The summed E-state index contributed by atoms with van der Waals surface area (Å²) in [5.41, 5.74) is 3.83. The first kappa shape index (κ1) is 21.0. The van der Waals surface area contributed by atoms with Crippen LogP contribution in [0.25, 0.3) is 0 Å². The molecule has 0 bridgehead atoms. The Hall–Kier alpha value is -3.21. The summed E-state index contributed by atoms with van der Waals surface area (Å²) in [6, 6.07) is 20.3. The average molecular weight is 419 g/mol. The summed E-state index contributed by atoms with van der Waals surface area (Å²) in [6.07, 6.45) is 2.97. The molecular formula is C26H27FN2O2. The second-order valence-corrected chi connectivity index (χ2v) is 8.06. The summed E-state index contributed by atoms with van der Waals surface area (Å²) in [6.45, 7) is 1.47. The summed E-state index contributed by atoms with van der Waals surface area (Å²) in [4.78, 5) is 19.7. The molecule has 4 nitrogen and oxygen atoms in total. The minimum atomic E-state index is -0.230. The van der Waals surface area contributed by atoms with Gasteiger partial charge in [0, 0.05) is 36.8 Å². The average Bonchev–Trinajstić information content (AvgIpc) is 2.80. The molecule has 1 saturated heterocycles. The molecule has 2 heterocycles. The zero-order chi connectivity index (χ0) is 21.6. The molecular weight excluding hydrogens is 391 g/mol. The van der Waals surface area contributed by atoms with Gasteiger partial charge in [0.25, 0.3) is 0 Å². The first-order chi connectivity index (χ1) is 15.1. The Morgan fingerprint density at radius 2 is 1.90 bits per heavy atom. The Labute approximate surface area is 182 Å². The number of hydrogen-bond acceptors (Lipinski definition) is 3. The highest BCUT2D eigenvalue weighted by Crippen LogP contribution is 2.27. The number of ether oxygens (including phenoxy) is 1. The number of amides is 1. The molecule has 4 rings (SSSR count). The van der Waals surface area contributed by atoms with E-state index in [1.807, 2.05) is 53.4 Å². The lowest BCUT2D eigenvalue weighted by Gasteiger charge is -2.32. The van der Waals surface area contributed by atoms with Crippen LogP contribution in [0.5, 0.6) is 5.75 Å². The van der Waals surface area contributed by atoms with Crippen LogP contribution in [0.1, 0.15) is 41.3 Å². The van der Waals surface area contributed by atoms with E-state index in [1.165, 1.54) is 6.07 Å². The third-order valence-corrected chi connectivity index (χ3v) is 5.81. The number of pyridine rings is 1. The van der Waals surface area contributed by atoms with Gasteiger partial charge in [0.2, 0.25) is 5.91 Å². The monoisotopic (exact) mass is 418 g/mol. The van der Waals surface area contributed by atoms with Crippen molar-refractivity contribution in [1.82, 2.24) is 9.88 Å². The van der Waals surface area contributed by atoms with Gasteiger partial charge in [-0.15, -0.1) is 0 Å². The van der Waals surface area contributed by atoms with E-state index in [0.29, 0.717) is 19.4 Å². The van der Waals surface area contributed by atoms with Crippen LogP contribution < -0.4 is 4.74 Å². The van der Waals surface area contributed by atoms with Crippen molar-refractivity contribution in [3.8, 4) is 5.75 Å². The van der Waals surface area contributed by atoms with Crippen molar-refractivity contribution in [2.75, 3.05) is 20.2 Å². The number of carbonyl (C=O) groups excluding carboxylic acids is 1. The summed E-state index contributed by atoms with van der Waals surface area (Å²) < 4.78 is 18.7. The van der Waals surface area contributed by atoms with E-state index in [4.69, 9.17) is 9.72 Å². The topological polar surface area (TPSA) is 42.4 Å². The van der Waals surface area contributed by atoms with Crippen LogP contribution in [0.2, 0.25) is 0 Å². The van der Waals surface area contributed by atoms with E-state index in [9.17, 15) is 9.18 Å². The lowest BCUT2D eigenvalue weighted by atomic mass is 9.93. The second-order valence-electron chi connectivity index (χ2n) is 8.06. The van der Waals surface area contributed by atoms with Crippen LogP contribution in [-0.2, 0) is 17.6 Å². The smallest absolute Gasteiger partial charge is 0.227 e. The maximum Gasteiger partial charge on any atom is 0.227 e. The van der Waals surface area contributed by atoms with Gasteiger partial charge < -0.3 is 9.64 Å². The minimum Gasteiger partial charge on any atom is -0.497 e. The van der Waals surface area contributed by atoms with Crippen molar-refractivity contribution in [2.24, 2.45) is 0 Å². The molecule has 0 aliphatic carbocycles. The van der Waals surface area contributed by atoms with Gasteiger partial charge in [0.1, 0.15) is 11.6 Å². The van der Waals surface area contributed by atoms with Gasteiger partial charge in [-0.3, -0.25) is 9.78 Å². The maximum absolute atomic E-state index is 13.5. The third kappa shape index (κ3) is 5.48. The molecule has 160 valence electrons. The van der Waals surface area contributed by atoms with Crippen LogP contribution in [0.15, 0.2) is 66.7 Å². The van der Waals surface area contributed by atoms with Gasteiger partial charge in [0.05, 0.1) is 13.5 Å². The number of carbonyl (C=O) groups is 1. The SMILES string of the molecule is COc1ccc(CC(=O)N2CCC[C@H](c3cccc(Cc4cccc(F)c4)n3)C2)cc1. The van der Waals surface area contributed by atoms with E-state index in [1.54, 1.807) is 19.2 Å². The molecule has 1 fully saturated rings. The first-order valence-corrected chi connectivity index (χ1v) is 10.7. The number of likely N-dealkylation sites (tertiary alicyclic amines) is 1. The molecule has 31 heavy (non-hydrogen) atoms. The fourth-order valence-electron chi connectivity index (χ4n) is 4.15. The molecule has 2 aromatic carbocycles. The van der Waals surface area contributed by atoms with Crippen LogP contribution in [-0.4, -0.2) is 36.0 Å². The van der Waals surface area contributed by atoms with Gasteiger partial charge in [-0.05, 0) is 60.4 Å². The first-order valence-electron chi connectivity index (χ1n) is 10.7. The van der Waals surface area contributed by atoms with Crippen LogP contribution in [0, 0.1) is 5.82 Å². The van der Waals surface area contributed by atoms with E-state index in [-0.39, 0.29) is 17.6 Å². The van der Waals surface area contributed by atoms with E-state index < -0.39 is 0 Å². The van der Waals surface area contributed by atoms with Crippen molar-refractivity contribution < 1.29 is 13.9 Å². The van der Waals surface area contributed by atoms with Crippen LogP contribution in [0.4, 0.5) is 4.39 Å². The number of rotatable bonds is 6. The summed E-state index contributed by atoms with van der Waals surface area (Å²) in [5.74, 6) is 0.928. The minimum absolute atomic E-state index is 0.144. The zero-order valence-electron chi connectivity index (χ0n) is 17.8. The summed E-state index contributed by atoms with van der Waals surface area (Å²) in [7, 11) is 1.63. The lowest BCUT2D eigenvalue weighted by molar-refractivity contribution is -0.131. The van der Waals surface area contributed by atoms with E-state index in [2.05, 4.69) is 0 Å². The molecule has 0 N–H and O–H groups in total. The predicted molar refractivity (Wildman–Crippen MR) is 119 cm³/mol. The van der Waals surface area contributed by atoms with Crippen molar-refractivity contribution in [2.45, 2.75) is 31.6 Å². The molecule has 1 aromatic heterocycles. The van der Waals surface area contributed by atoms with Gasteiger partial charge in [-0.2, -0.15) is 0 Å². The second kappa shape index (κ2) is 9.73. The van der Waals surface area contributed by atoms with Gasteiger partial charge >= 0.3 is 0 Å². The predicted octanol–water partition coefficient (Wildman–Crippen LogP) is 4.77. The molecule has 1 aliphatic rings. The molecule has 1 aliphatic heterocycles. The van der Waals surface area contributed by atoms with Crippen LogP contribution >= 0.6 is 0 Å². The zero-order valence-corrected chi connectivity index (χ0v) is 17.8. The number of halogens is 1. The number of nitrogens with zero attached hydrogens (tertiary/aromatic N) is 2. The third-order valence-electron chi connectivity index (χ3n) is 5.81. The Bertz CT molecular complexity index is 1040. The highest BCUT2D eigenvalue weighted by molar-refractivity contribution is 5.79. The van der Waals surface area contributed by atoms with Gasteiger partial charge in [-0.1, -0.05) is 30.3 Å². The maximum atomic E-state index is 13.5. The van der Waals surface area contributed by atoms with Gasteiger partial charge in [-0.25, -0.2) is 4.39 Å². The molecule has 0 saturated carbocycles. The number of aromatic nitrogens is 1.